The van der Waals surface area contributed by atoms with Gasteiger partial charge in [0.2, 0.25) is 5.91 Å². The third kappa shape index (κ3) is 4.73. The molecule has 2 aromatic rings. The molecule has 0 spiro atoms. The molecule has 2 amide bonds. The fourth-order valence-electron chi connectivity index (χ4n) is 4.23. The SMILES string of the molecule is COc1ccc2nc(C(=O)N3CCN(CC(=O)N4CCCCCC4)CC3)ccc2c1. The summed E-state index contributed by atoms with van der Waals surface area (Å²) in [5.74, 6) is 0.948. The third-order valence-electron chi connectivity index (χ3n) is 6.09. The van der Waals surface area contributed by atoms with Gasteiger partial charge in [0.15, 0.2) is 0 Å². The summed E-state index contributed by atoms with van der Waals surface area (Å²) >= 11 is 0. The lowest BCUT2D eigenvalue weighted by Gasteiger charge is -2.35. The third-order valence-corrected chi connectivity index (χ3v) is 6.09. The molecular formula is C23H30N4O3. The average Bonchev–Trinajstić information content (AvgIpc) is 3.08. The van der Waals surface area contributed by atoms with E-state index in [2.05, 4.69) is 9.88 Å². The van der Waals surface area contributed by atoms with Gasteiger partial charge < -0.3 is 14.5 Å². The second-order valence-corrected chi connectivity index (χ2v) is 8.12. The van der Waals surface area contributed by atoms with Crippen LogP contribution in [0.3, 0.4) is 0 Å². The predicted octanol–water partition coefficient (Wildman–Crippen LogP) is 2.40. The molecule has 2 aliphatic heterocycles. The Morgan fingerprint density at radius 2 is 1.63 bits per heavy atom. The summed E-state index contributed by atoms with van der Waals surface area (Å²) < 4.78 is 5.24. The standard InChI is InChI=1S/C23H30N4O3/c1-30-19-7-9-20-18(16-19)6-8-21(24-20)23(29)27-14-12-25(13-15-27)17-22(28)26-10-4-2-3-5-11-26/h6-9,16H,2-5,10-15,17H2,1H3. The molecule has 0 atom stereocenters. The zero-order chi connectivity index (χ0) is 20.9. The van der Waals surface area contributed by atoms with E-state index in [0.717, 1.165) is 55.7 Å². The largest absolute Gasteiger partial charge is 0.497 e. The van der Waals surface area contributed by atoms with Crippen molar-refractivity contribution in [3.05, 3.63) is 36.0 Å². The van der Waals surface area contributed by atoms with Crippen molar-refractivity contribution in [3.63, 3.8) is 0 Å². The Morgan fingerprint density at radius 1 is 0.900 bits per heavy atom. The molecule has 0 bridgehead atoms. The van der Waals surface area contributed by atoms with E-state index in [4.69, 9.17) is 4.74 Å². The van der Waals surface area contributed by atoms with Crippen molar-refractivity contribution in [2.45, 2.75) is 25.7 Å². The van der Waals surface area contributed by atoms with Crippen LogP contribution in [0.4, 0.5) is 0 Å². The second kappa shape index (κ2) is 9.43. The molecule has 2 saturated heterocycles. The van der Waals surface area contributed by atoms with Crippen molar-refractivity contribution in [2.75, 3.05) is 52.9 Å². The molecule has 7 nitrogen and oxygen atoms in total. The van der Waals surface area contributed by atoms with Crippen LogP contribution >= 0.6 is 0 Å². The molecule has 4 rings (SSSR count). The summed E-state index contributed by atoms with van der Waals surface area (Å²) in [6, 6.07) is 9.32. The van der Waals surface area contributed by atoms with Crippen LogP contribution in [0.1, 0.15) is 36.2 Å². The minimum atomic E-state index is -0.0498. The van der Waals surface area contributed by atoms with Crippen LogP contribution < -0.4 is 4.74 Å². The van der Waals surface area contributed by atoms with Crippen LogP contribution in [-0.4, -0.2) is 84.4 Å². The fourth-order valence-corrected chi connectivity index (χ4v) is 4.23. The van der Waals surface area contributed by atoms with Crippen LogP contribution in [0.15, 0.2) is 30.3 Å². The predicted molar refractivity (Wildman–Crippen MR) is 116 cm³/mol. The van der Waals surface area contributed by atoms with Gasteiger partial charge in [0.1, 0.15) is 11.4 Å². The van der Waals surface area contributed by atoms with E-state index < -0.39 is 0 Å². The summed E-state index contributed by atoms with van der Waals surface area (Å²) in [7, 11) is 1.63. The first kappa shape index (κ1) is 20.6. The molecule has 2 fully saturated rings. The number of hydrogen-bond donors (Lipinski definition) is 0. The number of methoxy groups -OCH3 is 1. The number of pyridine rings is 1. The van der Waals surface area contributed by atoms with Crippen molar-refractivity contribution < 1.29 is 14.3 Å². The van der Waals surface area contributed by atoms with Crippen molar-refractivity contribution in [1.29, 1.82) is 0 Å². The van der Waals surface area contributed by atoms with Crippen molar-refractivity contribution in [1.82, 2.24) is 19.7 Å². The van der Waals surface area contributed by atoms with Gasteiger partial charge in [0, 0.05) is 44.7 Å². The van der Waals surface area contributed by atoms with Crippen molar-refractivity contribution >= 4 is 22.7 Å². The highest BCUT2D eigenvalue weighted by Crippen LogP contribution is 2.20. The summed E-state index contributed by atoms with van der Waals surface area (Å²) in [5.41, 5.74) is 1.24. The molecule has 1 aromatic carbocycles. The average molecular weight is 411 g/mol. The Labute approximate surface area is 177 Å². The molecule has 0 unspecified atom stereocenters. The van der Waals surface area contributed by atoms with E-state index in [-0.39, 0.29) is 11.8 Å². The molecule has 0 aliphatic carbocycles. The number of aromatic nitrogens is 1. The summed E-state index contributed by atoms with van der Waals surface area (Å²) in [6.45, 7) is 4.90. The monoisotopic (exact) mass is 410 g/mol. The minimum absolute atomic E-state index is 0.0498. The Morgan fingerprint density at radius 3 is 2.33 bits per heavy atom. The Bertz CT molecular complexity index is 900. The number of ether oxygens (including phenoxy) is 1. The van der Waals surface area contributed by atoms with E-state index >= 15 is 0 Å². The van der Waals surface area contributed by atoms with Crippen LogP contribution in [-0.2, 0) is 4.79 Å². The van der Waals surface area contributed by atoms with Crippen molar-refractivity contribution in [3.8, 4) is 5.75 Å². The van der Waals surface area contributed by atoms with Gasteiger partial charge in [0.25, 0.3) is 5.91 Å². The molecule has 7 heteroatoms. The van der Waals surface area contributed by atoms with Crippen LogP contribution in [0.2, 0.25) is 0 Å². The summed E-state index contributed by atoms with van der Waals surface area (Å²) in [5, 5.41) is 0.947. The molecular weight excluding hydrogens is 380 g/mol. The van der Waals surface area contributed by atoms with E-state index in [1.807, 2.05) is 34.1 Å². The number of hydrogen-bond acceptors (Lipinski definition) is 5. The van der Waals surface area contributed by atoms with E-state index in [1.165, 1.54) is 12.8 Å². The normalized spacial score (nSPS) is 18.3. The molecule has 0 N–H and O–H groups in total. The van der Waals surface area contributed by atoms with E-state index in [1.54, 1.807) is 13.2 Å². The van der Waals surface area contributed by atoms with Gasteiger partial charge in [-0.25, -0.2) is 4.98 Å². The van der Waals surface area contributed by atoms with Gasteiger partial charge >= 0.3 is 0 Å². The summed E-state index contributed by atoms with van der Waals surface area (Å²) in [4.78, 5) is 36.1. The number of nitrogens with zero attached hydrogens (tertiary/aromatic N) is 4. The van der Waals surface area contributed by atoms with Gasteiger partial charge in [-0.1, -0.05) is 18.9 Å². The number of fused-ring (bicyclic) bond motifs is 1. The number of carbonyl (C=O) groups is 2. The van der Waals surface area contributed by atoms with Gasteiger partial charge in [-0.2, -0.15) is 0 Å². The second-order valence-electron chi connectivity index (χ2n) is 8.12. The minimum Gasteiger partial charge on any atom is -0.497 e. The maximum absolute atomic E-state index is 12.9. The van der Waals surface area contributed by atoms with Gasteiger partial charge in [-0.3, -0.25) is 14.5 Å². The summed E-state index contributed by atoms with van der Waals surface area (Å²) in [6.07, 6.45) is 4.67. The highest BCUT2D eigenvalue weighted by atomic mass is 16.5. The number of amides is 2. The molecule has 160 valence electrons. The van der Waals surface area contributed by atoms with Gasteiger partial charge in [-0.05, 0) is 37.1 Å². The number of likely N-dealkylation sites (tertiary alicyclic amines) is 1. The molecule has 2 aliphatic rings. The van der Waals surface area contributed by atoms with Crippen LogP contribution in [0.25, 0.3) is 10.9 Å². The first-order valence-electron chi connectivity index (χ1n) is 10.9. The fraction of sp³-hybridized carbons (Fsp3) is 0.522. The first-order chi connectivity index (χ1) is 14.6. The van der Waals surface area contributed by atoms with E-state index in [0.29, 0.717) is 25.3 Å². The van der Waals surface area contributed by atoms with Gasteiger partial charge in [0.05, 0.1) is 19.2 Å². The molecule has 0 radical (unpaired) electrons. The number of carbonyl (C=O) groups excluding carboxylic acids is 2. The Kier molecular flexibility index (Phi) is 6.47. The maximum atomic E-state index is 12.9. The maximum Gasteiger partial charge on any atom is 0.272 e. The van der Waals surface area contributed by atoms with E-state index in [9.17, 15) is 9.59 Å². The van der Waals surface area contributed by atoms with Gasteiger partial charge in [-0.15, -0.1) is 0 Å². The Balaban J connectivity index is 1.32. The highest BCUT2D eigenvalue weighted by molar-refractivity contribution is 5.95. The zero-order valence-corrected chi connectivity index (χ0v) is 17.7. The smallest absolute Gasteiger partial charge is 0.272 e. The van der Waals surface area contributed by atoms with Crippen LogP contribution in [0.5, 0.6) is 5.75 Å². The zero-order valence-electron chi connectivity index (χ0n) is 17.7. The number of rotatable bonds is 4. The lowest BCUT2D eigenvalue weighted by atomic mass is 10.1. The topological polar surface area (TPSA) is 66.0 Å². The molecule has 1 aromatic heterocycles. The highest BCUT2D eigenvalue weighted by Gasteiger charge is 2.25. The molecule has 30 heavy (non-hydrogen) atoms. The Hall–Kier alpha value is -2.67. The quantitative estimate of drug-likeness (QED) is 0.774. The number of piperazine rings is 1. The number of benzene rings is 1. The lowest BCUT2D eigenvalue weighted by Crippen LogP contribution is -2.51. The van der Waals surface area contributed by atoms with Crippen LogP contribution in [0, 0.1) is 0 Å². The first-order valence-corrected chi connectivity index (χ1v) is 10.9. The van der Waals surface area contributed by atoms with Crippen molar-refractivity contribution in [2.24, 2.45) is 0 Å². The lowest BCUT2D eigenvalue weighted by molar-refractivity contribution is -0.132. The molecule has 3 heterocycles. The molecule has 0 saturated carbocycles.